The fourth-order valence-corrected chi connectivity index (χ4v) is 4.05. The number of nitrogens with zero attached hydrogens (tertiary/aromatic N) is 3. The summed E-state index contributed by atoms with van der Waals surface area (Å²) in [5.74, 6) is 0.287. The molecule has 3 aromatic rings. The largest absolute Gasteiger partial charge is 0.355 e. The summed E-state index contributed by atoms with van der Waals surface area (Å²) in [7, 11) is 0. The van der Waals surface area contributed by atoms with Crippen LogP contribution >= 0.6 is 0 Å². The van der Waals surface area contributed by atoms with Gasteiger partial charge in [0.2, 0.25) is 5.91 Å². The molecule has 7 nitrogen and oxygen atoms in total. The molecule has 0 aliphatic heterocycles. The average molecular weight is 433 g/mol. The van der Waals surface area contributed by atoms with Gasteiger partial charge >= 0.3 is 0 Å². The standard InChI is InChI=1S/C25H28N4O3/c1-16-12-17(2)24(18(3)13-16)22-14-21(28-32-22)25(31)29(20-7-8-20)11-9-23(30)27-15-19-6-4-5-10-26-19/h4-6,10,12-14,20H,7-9,11,15H2,1-3H3,(H,27,30). The number of hydrogen-bond donors (Lipinski definition) is 1. The van der Waals surface area contributed by atoms with Crippen LogP contribution in [-0.2, 0) is 11.3 Å². The number of carbonyl (C=O) groups is 2. The van der Waals surface area contributed by atoms with Crippen molar-refractivity contribution in [2.45, 2.75) is 52.6 Å². The highest BCUT2D eigenvalue weighted by atomic mass is 16.5. The lowest BCUT2D eigenvalue weighted by Crippen LogP contribution is -2.37. The summed E-state index contributed by atoms with van der Waals surface area (Å²) in [6.45, 7) is 6.83. The summed E-state index contributed by atoms with van der Waals surface area (Å²) in [4.78, 5) is 31.4. The fourth-order valence-electron chi connectivity index (χ4n) is 4.05. The monoisotopic (exact) mass is 432 g/mol. The zero-order chi connectivity index (χ0) is 22.7. The first-order valence-electron chi connectivity index (χ1n) is 10.9. The summed E-state index contributed by atoms with van der Waals surface area (Å²) < 4.78 is 5.55. The lowest BCUT2D eigenvalue weighted by Gasteiger charge is -2.20. The van der Waals surface area contributed by atoms with E-state index < -0.39 is 0 Å². The Morgan fingerprint density at radius 1 is 1.12 bits per heavy atom. The minimum absolute atomic E-state index is 0.110. The van der Waals surface area contributed by atoms with Gasteiger partial charge in [0.05, 0.1) is 12.2 Å². The number of pyridine rings is 1. The van der Waals surface area contributed by atoms with Crippen molar-refractivity contribution in [3.63, 3.8) is 0 Å². The molecule has 166 valence electrons. The molecule has 2 aromatic heterocycles. The predicted molar refractivity (Wildman–Crippen MR) is 121 cm³/mol. The van der Waals surface area contributed by atoms with Crippen LogP contribution in [0.1, 0.15) is 52.1 Å². The van der Waals surface area contributed by atoms with Crippen LogP contribution in [0.25, 0.3) is 11.3 Å². The van der Waals surface area contributed by atoms with E-state index in [1.165, 1.54) is 5.56 Å². The molecule has 0 radical (unpaired) electrons. The molecule has 1 aliphatic carbocycles. The van der Waals surface area contributed by atoms with Crippen LogP contribution in [0, 0.1) is 20.8 Å². The van der Waals surface area contributed by atoms with Crippen LogP contribution < -0.4 is 5.32 Å². The van der Waals surface area contributed by atoms with Crippen molar-refractivity contribution in [2.75, 3.05) is 6.54 Å². The minimum atomic E-state index is -0.192. The highest BCUT2D eigenvalue weighted by Gasteiger charge is 2.34. The normalized spacial score (nSPS) is 13.1. The number of aryl methyl sites for hydroxylation is 3. The zero-order valence-electron chi connectivity index (χ0n) is 18.7. The molecule has 1 N–H and O–H groups in total. The molecule has 0 atom stereocenters. The van der Waals surface area contributed by atoms with Gasteiger partial charge in [-0.1, -0.05) is 28.9 Å². The Labute approximate surface area is 187 Å². The van der Waals surface area contributed by atoms with Gasteiger partial charge in [-0.3, -0.25) is 14.6 Å². The van der Waals surface area contributed by atoms with E-state index in [0.717, 1.165) is 35.2 Å². The summed E-state index contributed by atoms with van der Waals surface area (Å²) in [5.41, 5.74) is 5.39. The van der Waals surface area contributed by atoms with Gasteiger partial charge in [-0.05, 0) is 56.9 Å². The van der Waals surface area contributed by atoms with E-state index in [9.17, 15) is 9.59 Å². The van der Waals surface area contributed by atoms with Gasteiger partial charge in [-0.25, -0.2) is 0 Å². The van der Waals surface area contributed by atoms with E-state index in [-0.39, 0.29) is 30.0 Å². The smallest absolute Gasteiger partial charge is 0.276 e. The number of hydrogen-bond acceptors (Lipinski definition) is 5. The van der Waals surface area contributed by atoms with Crippen LogP contribution in [0.3, 0.4) is 0 Å². The van der Waals surface area contributed by atoms with Crippen molar-refractivity contribution in [2.24, 2.45) is 0 Å². The number of rotatable bonds is 8. The maximum atomic E-state index is 13.1. The van der Waals surface area contributed by atoms with Crippen molar-refractivity contribution >= 4 is 11.8 Å². The number of aromatic nitrogens is 2. The summed E-state index contributed by atoms with van der Waals surface area (Å²) >= 11 is 0. The number of carbonyl (C=O) groups excluding carboxylic acids is 2. The van der Waals surface area contributed by atoms with Crippen LogP contribution in [0.15, 0.2) is 47.1 Å². The Kier molecular flexibility index (Phi) is 6.35. The predicted octanol–water partition coefficient (Wildman–Crippen LogP) is 3.97. The molecular formula is C25H28N4O3. The Balaban J connectivity index is 1.40. The molecule has 4 rings (SSSR count). The second-order valence-corrected chi connectivity index (χ2v) is 8.43. The van der Waals surface area contributed by atoms with Crippen molar-refractivity contribution in [1.82, 2.24) is 20.4 Å². The van der Waals surface area contributed by atoms with Gasteiger partial charge in [-0.15, -0.1) is 0 Å². The third-order valence-corrected chi connectivity index (χ3v) is 5.67. The highest BCUT2D eigenvalue weighted by Crippen LogP contribution is 2.31. The van der Waals surface area contributed by atoms with Crippen molar-refractivity contribution in [1.29, 1.82) is 0 Å². The fraction of sp³-hybridized carbons (Fsp3) is 0.360. The molecule has 0 saturated heterocycles. The van der Waals surface area contributed by atoms with Gasteiger partial charge in [0.15, 0.2) is 11.5 Å². The summed E-state index contributed by atoms with van der Waals surface area (Å²) in [6.07, 6.45) is 3.82. The molecule has 1 aliphatic rings. The molecular weight excluding hydrogens is 404 g/mol. The molecule has 7 heteroatoms. The zero-order valence-corrected chi connectivity index (χ0v) is 18.7. The molecule has 0 bridgehead atoms. The minimum Gasteiger partial charge on any atom is -0.355 e. The van der Waals surface area contributed by atoms with E-state index in [1.807, 2.05) is 32.0 Å². The van der Waals surface area contributed by atoms with Crippen molar-refractivity contribution in [3.8, 4) is 11.3 Å². The molecule has 1 saturated carbocycles. The van der Waals surface area contributed by atoms with E-state index in [4.69, 9.17) is 4.52 Å². The van der Waals surface area contributed by atoms with E-state index in [2.05, 4.69) is 34.5 Å². The van der Waals surface area contributed by atoms with Gasteiger partial charge in [0.25, 0.3) is 5.91 Å². The first-order valence-corrected chi connectivity index (χ1v) is 10.9. The van der Waals surface area contributed by atoms with Crippen molar-refractivity contribution in [3.05, 3.63) is 70.7 Å². The third-order valence-electron chi connectivity index (χ3n) is 5.67. The summed E-state index contributed by atoms with van der Waals surface area (Å²) in [5, 5.41) is 6.92. The molecule has 2 heterocycles. The molecule has 0 unspecified atom stereocenters. The molecule has 2 amide bonds. The Morgan fingerprint density at radius 2 is 1.88 bits per heavy atom. The lowest BCUT2D eigenvalue weighted by molar-refractivity contribution is -0.121. The summed E-state index contributed by atoms with van der Waals surface area (Å²) in [6, 6.07) is 11.6. The van der Waals surface area contributed by atoms with Gasteiger partial charge < -0.3 is 14.7 Å². The van der Waals surface area contributed by atoms with E-state index >= 15 is 0 Å². The topological polar surface area (TPSA) is 88.3 Å². The molecule has 32 heavy (non-hydrogen) atoms. The van der Waals surface area contributed by atoms with Crippen LogP contribution in [0.4, 0.5) is 0 Å². The average Bonchev–Trinajstić information content (AvgIpc) is 3.49. The molecule has 1 aromatic carbocycles. The maximum absolute atomic E-state index is 13.1. The quantitative estimate of drug-likeness (QED) is 0.582. The first kappa shape index (κ1) is 21.7. The second-order valence-electron chi connectivity index (χ2n) is 8.43. The van der Waals surface area contributed by atoms with E-state index in [0.29, 0.717) is 18.8 Å². The van der Waals surface area contributed by atoms with Crippen LogP contribution in [0.5, 0.6) is 0 Å². The van der Waals surface area contributed by atoms with E-state index in [1.54, 1.807) is 17.2 Å². The van der Waals surface area contributed by atoms with Crippen molar-refractivity contribution < 1.29 is 14.1 Å². The van der Waals surface area contributed by atoms with Crippen LogP contribution in [-0.4, -0.2) is 39.4 Å². The number of nitrogens with one attached hydrogen (secondary N) is 1. The first-order chi connectivity index (χ1) is 15.4. The SMILES string of the molecule is Cc1cc(C)c(-c2cc(C(=O)N(CCC(=O)NCc3ccccn3)C3CC3)no2)c(C)c1. The number of amides is 2. The Hall–Kier alpha value is -3.48. The Morgan fingerprint density at radius 3 is 2.53 bits per heavy atom. The molecule has 1 fully saturated rings. The highest BCUT2D eigenvalue weighted by molar-refractivity contribution is 5.94. The lowest BCUT2D eigenvalue weighted by atomic mass is 9.98. The Bertz CT molecular complexity index is 1100. The second kappa shape index (κ2) is 9.34. The van der Waals surface area contributed by atoms with Gasteiger partial charge in [0.1, 0.15) is 0 Å². The third kappa shape index (κ3) is 5.04. The maximum Gasteiger partial charge on any atom is 0.276 e. The number of benzene rings is 1. The van der Waals surface area contributed by atoms with Gasteiger partial charge in [0, 0.05) is 36.8 Å². The molecule has 0 spiro atoms. The van der Waals surface area contributed by atoms with Crippen LogP contribution in [0.2, 0.25) is 0 Å². The van der Waals surface area contributed by atoms with Gasteiger partial charge in [-0.2, -0.15) is 0 Å².